The van der Waals surface area contributed by atoms with E-state index in [4.69, 9.17) is 4.42 Å². The molecule has 25 heavy (non-hydrogen) atoms. The van der Waals surface area contributed by atoms with Crippen LogP contribution in [0.2, 0.25) is 0 Å². The van der Waals surface area contributed by atoms with Crippen molar-refractivity contribution in [2.24, 2.45) is 0 Å². The maximum Gasteiger partial charge on any atom is 0.251 e. The molecule has 0 aliphatic rings. The van der Waals surface area contributed by atoms with Crippen LogP contribution in [0.5, 0.6) is 0 Å². The summed E-state index contributed by atoms with van der Waals surface area (Å²) in [6.45, 7) is 2.23. The second kappa shape index (κ2) is 6.24. The summed E-state index contributed by atoms with van der Waals surface area (Å²) in [6, 6.07) is 15.0. The number of benzene rings is 2. The average molecular weight is 332 g/mol. The number of hydrogen-bond donors (Lipinski definition) is 2. The quantitative estimate of drug-likeness (QED) is 0.599. The normalized spacial score (nSPS) is 10.9. The number of aromatic nitrogens is 3. The number of fused-ring (bicyclic) bond motifs is 1. The molecular weight excluding hydrogens is 316 g/mol. The Labute approximate surface area is 143 Å². The van der Waals surface area contributed by atoms with Gasteiger partial charge in [-0.2, -0.15) is 5.10 Å². The lowest BCUT2D eigenvalue weighted by Crippen LogP contribution is -2.22. The summed E-state index contributed by atoms with van der Waals surface area (Å²) in [4.78, 5) is 16.7. The number of para-hydroxylation sites is 1. The first-order valence-electron chi connectivity index (χ1n) is 7.94. The second-order valence-corrected chi connectivity index (χ2v) is 5.76. The summed E-state index contributed by atoms with van der Waals surface area (Å²) < 4.78 is 5.67. The Morgan fingerprint density at radius 2 is 2.00 bits per heavy atom. The van der Waals surface area contributed by atoms with Gasteiger partial charge >= 0.3 is 0 Å². The first kappa shape index (κ1) is 15.1. The lowest BCUT2D eigenvalue weighted by atomic mass is 10.1. The zero-order valence-corrected chi connectivity index (χ0v) is 13.6. The van der Waals surface area contributed by atoms with Crippen LogP contribution in [0.15, 0.2) is 59.1 Å². The monoisotopic (exact) mass is 332 g/mol. The van der Waals surface area contributed by atoms with E-state index < -0.39 is 0 Å². The molecule has 0 aliphatic carbocycles. The molecular formula is C19H16N4O2. The first-order valence-corrected chi connectivity index (χ1v) is 7.94. The molecule has 2 aromatic carbocycles. The molecule has 0 spiro atoms. The summed E-state index contributed by atoms with van der Waals surface area (Å²) in [6.07, 6.45) is 1.69. The van der Waals surface area contributed by atoms with Crippen molar-refractivity contribution >= 4 is 17.0 Å². The lowest BCUT2D eigenvalue weighted by Gasteiger charge is -2.04. The van der Waals surface area contributed by atoms with E-state index in [1.54, 1.807) is 18.3 Å². The van der Waals surface area contributed by atoms with Crippen LogP contribution >= 0.6 is 0 Å². The van der Waals surface area contributed by atoms with E-state index in [0.29, 0.717) is 11.5 Å². The molecule has 0 radical (unpaired) electrons. The van der Waals surface area contributed by atoms with Crippen LogP contribution in [0.4, 0.5) is 0 Å². The average Bonchev–Trinajstić information content (AvgIpc) is 3.30. The van der Waals surface area contributed by atoms with Crippen LogP contribution in [0, 0.1) is 6.92 Å². The standard InChI is InChI=1S/C19H16N4O2/c1-12-3-2-4-16-18(12)22-17(25-16)11-20-19(24)14-7-5-13(6-8-14)15-9-10-21-23-15/h2-10H,11H2,1H3,(H,20,24)(H,21,23). The van der Waals surface area contributed by atoms with Crippen molar-refractivity contribution in [2.75, 3.05) is 0 Å². The predicted octanol–water partition coefficient (Wildman–Crippen LogP) is 3.46. The van der Waals surface area contributed by atoms with Gasteiger partial charge in [0.25, 0.3) is 5.91 Å². The van der Waals surface area contributed by atoms with Gasteiger partial charge < -0.3 is 9.73 Å². The maximum absolute atomic E-state index is 12.3. The molecule has 6 heteroatoms. The summed E-state index contributed by atoms with van der Waals surface area (Å²) in [7, 11) is 0. The van der Waals surface area contributed by atoms with Crippen LogP contribution in [0.1, 0.15) is 21.8 Å². The lowest BCUT2D eigenvalue weighted by molar-refractivity contribution is 0.0947. The fourth-order valence-corrected chi connectivity index (χ4v) is 2.68. The minimum absolute atomic E-state index is 0.171. The number of H-pyrrole nitrogens is 1. The number of carbonyl (C=O) groups excluding carboxylic acids is 1. The van der Waals surface area contributed by atoms with E-state index in [1.807, 2.05) is 43.3 Å². The molecule has 0 unspecified atom stereocenters. The van der Waals surface area contributed by atoms with Crippen LogP contribution in [0.3, 0.4) is 0 Å². The number of carbonyl (C=O) groups is 1. The van der Waals surface area contributed by atoms with Crippen molar-refractivity contribution in [3.8, 4) is 11.3 Å². The molecule has 6 nitrogen and oxygen atoms in total. The highest BCUT2D eigenvalue weighted by Gasteiger charge is 2.10. The maximum atomic E-state index is 12.3. The Morgan fingerprint density at radius 1 is 1.16 bits per heavy atom. The van der Waals surface area contributed by atoms with E-state index in [1.165, 1.54) is 0 Å². The third-order valence-electron chi connectivity index (χ3n) is 4.02. The number of rotatable bonds is 4. The molecule has 2 aromatic heterocycles. The topological polar surface area (TPSA) is 83.8 Å². The Balaban J connectivity index is 1.45. The SMILES string of the molecule is Cc1cccc2oc(CNC(=O)c3ccc(-c4ccn[nH]4)cc3)nc12. The Kier molecular flexibility index (Phi) is 3.78. The van der Waals surface area contributed by atoms with Gasteiger partial charge in [0.2, 0.25) is 5.89 Å². The van der Waals surface area contributed by atoms with Crippen molar-refractivity contribution in [2.45, 2.75) is 13.5 Å². The smallest absolute Gasteiger partial charge is 0.251 e. The van der Waals surface area contributed by atoms with Gasteiger partial charge in [0.1, 0.15) is 5.52 Å². The molecule has 4 aromatic rings. The van der Waals surface area contributed by atoms with E-state index in [9.17, 15) is 4.79 Å². The molecule has 4 rings (SSSR count). The van der Waals surface area contributed by atoms with E-state index in [2.05, 4.69) is 20.5 Å². The Bertz CT molecular complexity index is 1020. The number of aryl methyl sites for hydroxylation is 1. The van der Waals surface area contributed by atoms with Gasteiger partial charge in [0, 0.05) is 11.8 Å². The zero-order chi connectivity index (χ0) is 17.2. The van der Waals surface area contributed by atoms with Crippen molar-refractivity contribution in [1.82, 2.24) is 20.5 Å². The summed E-state index contributed by atoms with van der Waals surface area (Å²) >= 11 is 0. The third kappa shape index (κ3) is 3.01. The number of oxazole rings is 1. The second-order valence-electron chi connectivity index (χ2n) is 5.76. The highest BCUT2D eigenvalue weighted by Crippen LogP contribution is 2.19. The fraction of sp³-hybridized carbons (Fsp3) is 0.105. The minimum Gasteiger partial charge on any atom is -0.439 e. The molecule has 0 atom stereocenters. The van der Waals surface area contributed by atoms with Gasteiger partial charge in [-0.1, -0.05) is 24.3 Å². The molecule has 2 N–H and O–H groups in total. The van der Waals surface area contributed by atoms with Crippen LogP contribution < -0.4 is 5.32 Å². The van der Waals surface area contributed by atoms with Crippen molar-refractivity contribution in [3.63, 3.8) is 0 Å². The third-order valence-corrected chi connectivity index (χ3v) is 4.02. The molecule has 0 bridgehead atoms. The van der Waals surface area contributed by atoms with Gasteiger partial charge in [0.05, 0.1) is 12.2 Å². The van der Waals surface area contributed by atoms with Crippen LogP contribution in [-0.2, 0) is 6.54 Å². The number of hydrogen-bond acceptors (Lipinski definition) is 4. The molecule has 1 amide bonds. The fourth-order valence-electron chi connectivity index (χ4n) is 2.68. The summed E-state index contributed by atoms with van der Waals surface area (Å²) in [5.41, 5.74) is 5.07. The highest BCUT2D eigenvalue weighted by molar-refractivity contribution is 5.94. The van der Waals surface area contributed by atoms with Gasteiger partial charge in [-0.25, -0.2) is 4.98 Å². The summed E-state index contributed by atoms with van der Waals surface area (Å²) in [5.74, 6) is 0.321. The zero-order valence-electron chi connectivity index (χ0n) is 13.6. The number of nitrogens with one attached hydrogen (secondary N) is 2. The van der Waals surface area contributed by atoms with E-state index in [0.717, 1.165) is 27.9 Å². The Hall–Kier alpha value is -3.41. The van der Waals surface area contributed by atoms with Gasteiger partial charge in [-0.15, -0.1) is 0 Å². The van der Waals surface area contributed by atoms with E-state index >= 15 is 0 Å². The highest BCUT2D eigenvalue weighted by atomic mass is 16.3. The summed E-state index contributed by atoms with van der Waals surface area (Å²) in [5, 5.41) is 9.65. The first-order chi connectivity index (χ1) is 12.2. The van der Waals surface area contributed by atoms with Crippen molar-refractivity contribution in [3.05, 3.63) is 71.7 Å². The van der Waals surface area contributed by atoms with Gasteiger partial charge in [-0.05, 0) is 42.3 Å². The van der Waals surface area contributed by atoms with E-state index in [-0.39, 0.29) is 12.5 Å². The van der Waals surface area contributed by atoms with Gasteiger partial charge in [0.15, 0.2) is 5.58 Å². The molecule has 0 fully saturated rings. The molecule has 124 valence electrons. The number of nitrogens with zero attached hydrogens (tertiary/aromatic N) is 2. The van der Waals surface area contributed by atoms with Crippen LogP contribution in [-0.4, -0.2) is 21.1 Å². The molecule has 0 aliphatic heterocycles. The molecule has 0 saturated carbocycles. The number of aromatic amines is 1. The molecule has 2 heterocycles. The van der Waals surface area contributed by atoms with Crippen molar-refractivity contribution in [1.29, 1.82) is 0 Å². The van der Waals surface area contributed by atoms with Gasteiger partial charge in [-0.3, -0.25) is 9.89 Å². The van der Waals surface area contributed by atoms with Crippen LogP contribution in [0.25, 0.3) is 22.4 Å². The number of amides is 1. The molecule has 0 saturated heterocycles. The minimum atomic E-state index is -0.171. The predicted molar refractivity (Wildman–Crippen MR) is 93.9 cm³/mol. The van der Waals surface area contributed by atoms with Crippen molar-refractivity contribution < 1.29 is 9.21 Å². The Morgan fingerprint density at radius 3 is 2.72 bits per heavy atom. The largest absolute Gasteiger partial charge is 0.439 e.